The van der Waals surface area contributed by atoms with Crippen LogP contribution in [0.4, 0.5) is 24.8 Å². The van der Waals surface area contributed by atoms with Gasteiger partial charge in [-0.05, 0) is 49.7 Å². The summed E-state index contributed by atoms with van der Waals surface area (Å²) >= 11 is 12.4. The molecule has 2 aromatic carbocycles. The number of nitrogens with zero attached hydrogens (tertiary/aromatic N) is 1. The second-order valence-electron chi connectivity index (χ2n) is 6.84. The Bertz CT molecular complexity index is 1210. The van der Waals surface area contributed by atoms with E-state index in [1.54, 1.807) is 25.1 Å². The number of fused-ring (bicyclic) bond motifs is 1. The van der Waals surface area contributed by atoms with Crippen LogP contribution in [-0.2, 0) is 6.18 Å². The van der Waals surface area contributed by atoms with Crippen LogP contribution in [0.2, 0.25) is 0 Å². The molecule has 0 bridgehead atoms. The quantitative estimate of drug-likeness (QED) is 0.324. The van der Waals surface area contributed by atoms with Crippen LogP contribution in [0.25, 0.3) is 11.0 Å². The normalized spacial score (nSPS) is 13.2. The Balaban J connectivity index is 1.82. The molecule has 3 rings (SSSR count). The Hall–Kier alpha value is -2.97. The van der Waals surface area contributed by atoms with Crippen molar-refractivity contribution >= 4 is 51.8 Å². The predicted molar refractivity (Wildman–Crippen MR) is 122 cm³/mol. The van der Waals surface area contributed by atoms with Crippen molar-refractivity contribution in [1.82, 2.24) is 9.97 Å². The van der Waals surface area contributed by atoms with E-state index in [1.165, 1.54) is 18.2 Å². The number of rotatable bonds is 6. The average molecular weight is 483 g/mol. The van der Waals surface area contributed by atoms with Gasteiger partial charge >= 0.3 is 6.18 Å². The molecule has 5 nitrogen and oxygen atoms in total. The zero-order valence-corrected chi connectivity index (χ0v) is 18.6. The van der Waals surface area contributed by atoms with E-state index in [2.05, 4.69) is 20.6 Å². The highest BCUT2D eigenvalue weighted by Gasteiger charge is 2.30. The standard InChI is InChI=1S/C22H19Cl2F3N4O/c1-3-5-16(24)19(12(2)23)31-21-29-17-9-8-13(10-18(17)30-21)20(32)28-15-7-4-6-14(11-15)22(25,26)27/h4-11H,3H2,1-2H3,(H,28,32)(H2,29,30,31)/b16-5+,19-12-. The fourth-order valence-corrected chi connectivity index (χ4v) is 3.44. The zero-order valence-electron chi connectivity index (χ0n) is 17.1. The lowest BCUT2D eigenvalue weighted by atomic mass is 10.1. The highest BCUT2D eigenvalue weighted by atomic mass is 35.5. The van der Waals surface area contributed by atoms with E-state index < -0.39 is 17.6 Å². The number of aromatic nitrogens is 2. The van der Waals surface area contributed by atoms with Crippen LogP contribution in [0.5, 0.6) is 0 Å². The molecule has 32 heavy (non-hydrogen) atoms. The van der Waals surface area contributed by atoms with Gasteiger partial charge in [0.25, 0.3) is 5.91 Å². The number of hydrogen-bond donors (Lipinski definition) is 3. The van der Waals surface area contributed by atoms with Crippen molar-refractivity contribution in [2.45, 2.75) is 26.4 Å². The van der Waals surface area contributed by atoms with Gasteiger partial charge in [-0.2, -0.15) is 13.2 Å². The zero-order chi connectivity index (χ0) is 23.5. The Morgan fingerprint density at radius 2 is 1.91 bits per heavy atom. The summed E-state index contributed by atoms with van der Waals surface area (Å²) < 4.78 is 38.7. The first-order valence-corrected chi connectivity index (χ1v) is 10.3. The summed E-state index contributed by atoms with van der Waals surface area (Å²) in [6, 6.07) is 9.15. The number of H-pyrrole nitrogens is 1. The van der Waals surface area contributed by atoms with Crippen LogP contribution in [0.3, 0.4) is 0 Å². The molecule has 0 aliphatic heterocycles. The van der Waals surface area contributed by atoms with Crippen molar-refractivity contribution in [2.75, 3.05) is 10.6 Å². The molecule has 0 saturated carbocycles. The third-order valence-electron chi connectivity index (χ3n) is 4.40. The number of halogens is 5. The number of allylic oxidation sites excluding steroid dienone is 3. The number of amides is 1. The molecule has 1 heterocycles. The van der Waals surface area contributed by atoms with Gasteiger partial charge in [-0.3, -0.25) is 4.79 Å². The highest BCUT2D eigenvalue weighted by Crippen LogP contribution is 2.31. The second kappa shape index (κ2) is 9.67. The molecule has 3 aromatic rings. The summed E-state index contributed by atoms with van der Waals surface area (Å²) in [4.78, 5) is 20.0. The molecule has 0 unspecified atom stereocenters. The van der Waals surface area contributed by atoms with Crippen molar-refractivity contribution in [3.05, 3.63) is 75.4 Å². The smallest absolute Gasteiger partial charge is 0.324 e. The van der Waals surface area contributed by atoms with E-state index in [9.17, 15) is 18.0 Å². The van der Waals surface area contributed by atoms with Gasteiger partial charge in [0.05, 0.1) is 27.3 Å². The molecule has 1 aromatic heterocycles. The number of imidazole rings is 1. The van der Waals surface area contributed by atoms with Crippen LogP contribution < -0.4 is 10.6 Å². The van der Waals surface area contributed by atoms with Gasteiger partial charge < -0.3 is 15.6 Å². The minimum atomic E-state index is -4.50. The molecule has 0 aliphatic rings. The van der Waals surface area contributed by atoms with E-state index in [1.807, 2.05) is 6.92 Å². The van der Waals surface area contributed by atoms with Gasteiger partial charge in [0.2, 0.25) is 5.95 Å². The minimum absolute atomic E-state index is 0.0432. The molecule has 0 saturated heterocycles. The van der Waals surface area contributed by atoms with Crippen LogP contribution in [-0.4, -0.2) is 15.9 Å². The number of nitrogens with one attached hydrogen (secondary N) is 3. The second-order valence-corrected chi connectivity index (χ2v) is 7.82. The van der Waals surface area contributed by atoms with Crippen LogP contribution in [0, 0.1) is 0 Å². The maximum atomic E-state index is 12.9. The topological polar surface area (TPSA) is 69.8 Å². The molecular formula is C22H19Cl2F3N4O. The maximum Gasteiger partial charge on any atom is 0.416 e. The first kappa shape index (κ1) is 23.7. The Kier molecular flexibility index (Phi) is 7.16. The molecule has 0 aliphatic carbocycles. The fraction of sp³-hybridized carbons (Fsp3) is 0.182. The lowest BCUT2D eigenvalue weighted by Crippen LogP contribution is -2.13. The van der Waals surface area contributed by atoms with E-state index in [4.69, 9.17) is 23.2 Å². The molecule has 0 radical (unpaired) electrons. The molecular weight excluding hydrogens is 464 g/mol. The summed E-state index contributed by atoms with van der Waals surface area (Å²) in [6.07, 6.45) is -1.98. The average Bonchev–Trinajstić information content (AvgIpc) is 3.13. The molecule has 3 N–H and O–H groups in total. The van der Waals surface area contributed by atoms with Crippen molar-refractivity contribution in [3.63, 3.8) is 0 Å². The van der Waals surface area contributed by atoms with Gasteiger partial charge in [-0.15, -0.1) is 0 Å². The Morgan fingerprint density at radius 3 is 2.56 bits per heavy atom. The first-order chi connectivity index (χ1) is 15.1. The third-order valence-corrected chi connectivity index (χ3v) is 4.93. The molecule has 1 amide bonds. The molecule has 10 heteroatoms. The van der Waals surface area contributed by atoms with Crippen molar-refractivity contribution in [1.29, 1.82) is 0 Å². The Morgan fingerprint density at radius 1 is 1.16 bits per heavy atom. The van der Waals surface area contributed by atoms with Crippen molar-refractivity contribution in [2.24, 2.45) is 0 Å². The van der Waals surface area contributed by atoms with E-state index >= 15 is 0 Å². The summed E-state index contributed by atoms with van der Waals surface area (Å²) in [6.45, 7) is 3.63. The van der Waals surface area contributed by atoms with Gasteiger partial charge in [-0.25, -0.2) is 4.98 Å². The number of anilines is 2. The van der Waals surface area contributed by atoms with E-state index in [-0.39, 0.29) is 11.3 Å². The highest BCUT2D eigenvalue weighted by molar-refractivity contribution is 6.35. The van der Waals surface area contributed by atoms with Gasteiger partial charge in [0.1, 0.15) is 0 Å². The third kappa shape index (κ3) is 5.63. The molecule has 0 fully saturated rings. The number of aromatic amines is 1. The molecule has 168 valence electrons. The number of benzene rings is 2. The van der Waals surface area contributed by atoms with Crippen molar-refractivity contribution in [3.8, 4) is 0 Å². The van der Waals surface area contributed by atoms with Crippen LogP contribution >= 0.6 is 23.2 Å². The fourth-order valence-electron chi connectivity index (χ4n) is 2.90. The lowest BCUT2D eigenvalue weighted by Gasteiger charge is -2.10. The SMILES string of the molecule is CC/C=C(Cl)\C(Nc1nc2ccc(C(=O)Nc3cccc(C(F)(F)F)c3)cc2[nH]1)=C(/C)Cl. The van der Waals surface area contributed by atoms with E-state index in [0.29, 0.717) is 32.7 Å². The van der Waals surface area contributed by atoms with E-state index in [0.717, 1.165) is 18.6 Å². The van der Waals surface area contributed by atoms with Gasteiger partial charge in [0, 0.05) is 16.3 Å². The van der Waals surface area contributed by atoms with Crippen molar-refractivity contribution < 1.29 is 18.0 Å². The summed E-state index contributed by atoms with van der Waals surface area (Å²) in [5.41, 5.74) is 1.07. The summed E-state index contributed by atoms with van der Waals surface area (Å²) in [7, 11) is 0. The van der Waals surface area contributed by atoms with Crippen LogP contribution in [0.1, 0.15) is 36.2 Å². The van der Waals surface area contributed by atoms with Gasteiger partial charge in [0.15, 0.2) is 0 Å². The summed E-state index contributed by atoms with van der Waals surface area (Å²) in [5.74, 6) is -0.186. The largest absolute Gasteiger partial charge is 0.416 e. The first-order valence-electron chi connectivity index (χ1n) is 9.56. The minimum Gasteiger partial charge on any atom is -0.324 e. The summed E-state index contributed by atoms with van der Waals surface area (Å²) in [5, 5.41) is 6.41. The maximum absolute atomic E-state index is 12.9. The lowest BCUT2D eigenvalue weighted by molar-refractivity contribution is -0.137. The predicted octanol–water partition coefficient (Wildman–Crippen LogP) is 7.25. The molecule has 0 atom stereocenters. The van der Waals surface area contributed by atoms with Crippen LogP contribution in [0.15, 0.2) is 64.3 Å². The molecule has 0 spiro atoms. The monoisotopic (exact) mass is 482 g/mol. The number of alkyl halides is 3. The Labute approximate surface area is 192 Å². The van der Waals surface area contributed by atoms with Gasteiger partial charge in [-0.1, -0.05) is 42.3 Å². The number of carbonyl (C=O) groups excluding carboxylic acids is 1. The number of carbonyl (C=O) groups is 1. The number of hydrogen-bond acceptors (Lipinski definition) is 3.